The second kappa shape index (κ2) is 17.1. The highest BCUT2D eigenvalue weighted by molar-refractivity contribution is 6.46. The smallest absolute Gasteiger partial charge is 0.295 e. The molecular weight excluding hydrogens is 809 g/mol. The van der Waals surface area contributed by atoms with Crippen molar-refractivity contribution in [1.29, 1.82) is 0 Å². The number of H-pyrrole nitrogens is 2. The predicted octanol–water partition coefficient (Wildman–Crippen LogP) is 5.43. The van der Waals surface area contributed by atoms with E-state index in [4.69, 9.17) is 23.2 Å². The maximum Gasteiger partial charge on any atom is 0.295 e. The molecule has 4 amide bonds. The van der Waals surface area contributed by atoms with E-state index >= 15 is 0 Å². The lowest BCUT2D eigenvalue weighted by Gasteiger charge is -2.39. The van der Waals surface area contributed by atoms with Gasteiger partial charge >= 0.3 is 0 Å². The lowest BCUT2D eigenvalue weighted by molar-refractivity contribution is -0.130. The number of ketones is 2. The van der Waals surface area contributed by atoms with E-state index in [1.54, 1.807) is 65.3 Å². The number of aromatic amines is 2. The van der Waals surface area contributed by atoms with Gasteiger partial charge in [0.05, 0.1) is 45.3 Å². The Morgan fingerprint density at radius 1 is 0.610 bits per heavy atom. The Hall–Kier alpha value is -6.52. The number of benzene rings is 2. The summed E-state index contributed by atoms with van der Waals surface area (Å²) in [5.74, 6) is -4.88. The Morgan fingerprint density at radius 2 is 1.03 bits per heavy atom. The van der Waals surface area contributed by atoms with Crippen molar-refractivity contribution in [2.24, 2.45) is 0 Å². The minimum Gasteiger partial charge on any atom is -0.358 e. The summed E-state index contributed by atoms with van der Waals surface area (Å²) in [6.45, 7) is 3.63. The van der Waals surface area contributed by atoms with Crippen LogP contribution in [-0.2, 0) is 9.59 Å². The van der Waals surface area contributed by atoms with Gasteiger partial charge in [0.15, 0.2) is 21.9 Å². The van der Waals surface area contributed by atoms with E-state index in [2.05, 4.69) is 19.9 Å². The van der Waals surface area contributed by atoms with Gasteiger partial charge in [-0.1, -0.05) is 59.6 Å². The molecular formula is C41H34Cl2F2N8O6. The summed E-state index contributed by atoms with van der Waals surface area (Å²) in [5, 5.41) is -0.0830. The third kappa shape index (κ3) is 8.13. The first kappa shape index (κ1) is 40.7. The zero-order valence-corrected chi connectivity index (χ0v) is 32.8. The van der Waals surface area contributed by atoms with Crippen LogP contribution >= 0.6 is 23.2 Å². The minimum absolute atomic E-state index is 0.0132. The van der Waals surface area contributed by atoms with Crippen LogP contribution in [0.15, 0.2) is 85.5 Å². The van der Waals surface area contributed by atoms with Crippen molar-refractivity contribution in [2.45, 2.75) is 13.0 Å². The van der Waals surface area contributed by atoms with Gasteiger partial charge < -0.3 is 29.6 Å². The summed E-state index contributed by atoms with van der Waals surface area (Å²) >= 11 is 11.9. The number of Topliss-reactive ketones (excluding diaryl/α,β-unsaturated/α-hetero) is 2. The lowest BCUT2D eigenvalue weighted by Crippen LogP contribution is -2.56. The normalized spacial score (nSPS) is 15.5. The van der Waals surface area contributed by atoms with Gasteiger partial charge in [-0.2, -0.15) is 0 Å². The molecule has 18 heteroatoms. The van der Waals surface area contributed by atoms with Crippen molar-refractivity contribution in [2.75, 3.05) is 45.8 Å². The molecule has 302 valence electrons. The molecule has 2 fully saturated rings. The first-order chi connectivity index (χ1) is 28.3. The fourth-order valence-corrected chi connectivity index (χ4v) is 7.49. The van der Waals surface area contributed by atoms with E-state index in [0.29, 0.717) is 37.3 Å². The second-order valence-electron chi connectivity index (χ2n) is 13.8. The minimum atomic E-state index is -0.836. The summed E-state index contributed by atoms with van der Waals surface area (Å²) in [7, 11) is 0. The van der Waals surface area contributed by atoms with E-state index in [1.807, 2.05) is 12.1 Å². The van der Waals surface area contributed by atoms with E-state index in [1.165, 1.54) is 22.2 Å². The fourth-order valence-electron chi connectivity index (χ4n) is 7.10. The number of fused-ring (bicyclic) bond motifs is 2. The highest BCUT2D eigenvalue weighted by Crippen LogP contribution is 2.29. The van der Waals surface area contributed by atoms with Gasteiger partial charge in [-0.15, -0.1) is 0 Å². The number of nitrogens with zero attached hydrogens (tertiary/aromatic N) is 6. The molecule has 4 aromatic heterocycles. The Bertz CT molecular complexity index is 2610. The first-order valence-electron chi connectivity index (χ1n) is 18.3. The average molecular weight is 844 g/mol. The molecule has 6 heterocycles. The Kier molecular flexibility index (Phi) is 11.8. The number of carbonyl (C=O) groups excluding carboxylic acids is 6. The average Bonchev–Trinajstić information content (AvgIpc) is 3.93. The maximum atomic E-state index is 14.2. The van der Waals surface area contributed by atoms with Crippen molar-refractivity contribution in [3.8, 4) is 0 Å². The fraction of sp³-hybridized carbons (Fsp3) is 0.220. The van der Waals surface area contributed by atoms with Crippen LogP contribution in [0, 0.1) is 11.6 Å². The van der Waals surface area contributed by atoms with Crippen LogP contribution in [-0.4, -0.2) is 127 Å². The maximum absolute atomic E-state index is 14.2. The van der Waals surface area contributed by atoms with Crippen molar-refractivity contribution >= 4 is 80.2 Å². The zero-order valence-electron chi connectivity index (χ0n) is 31.3. The Labute approximate surface area is 344 Å². The largest absolute Gasteiger partial charge is 0.358 e. The van der Waals surface area contributed by atoms with E-state index in [-0.39, 0.29) is 80.7 Å². The number of amides is 4. The number of carbonyl (C=O) groups is 6. The zero-order chi connectivity index (χ0) is 42.0. The molecule has 59 heavy (non-hydrogen) atoms. The predicted molar refractivity (Wildman–Crippen MR) is 213 cm³/mol. The quantitative estimate of drug-likeness (QED) is 0.127. The number of pyridine rings is 2. The number of aromatic nitrogens is 4. The van der Waals surface area contributed by atoms with Crippen molar-refractivity contribution in [3.05, 3.63) is 130 Å². The summed E-state index contributed by atoms with van der Waals surface area (Å²) < 4.78 is 28.4. The molecule has 0 radical (unpaired) electrons. The molecule has 0 saturated carbocycles. The molecule has 0 unspecified atom stereocenters. The topological polar surface area (TPSA) is 173 Å². The van der Waals surface area contributed by atoms with Crippen LogP contribution < -0.4 is 0 Å². The molecule has 2 aliphatic rings. The van der Waals surface area contributed by atoms with E-state index in [9.17, 15) is 37.5 Å². The number of halogens is 4. The molecule has 2 aliphatic heterocycles. The third-order valence-electron chi connectivity index (χ3n) is 10.2. The van der Waals surface area contributed by atoms with Crippen molar-refractivity contribution in [1.82, 2.24) is 39.5 Å². The molecule has 6 aromatic rings. The number of nitrogens with one attached hydrogen (secondary N) is 2. The van der Waals surface area contributed by atoms with Crippen molar-refractivity contribution < 1.29 is 37.5 Å². The third-order valence-corrected chi connectivity index (χ3v) is 10.8. The number of hydrogen-bond acceptors (Lipinski definition) is 8. The summed E-state index contributed by atoms with van der Waals surface area (Å²) in [4.78, 5) is 95.1. The van der Waals surface area contributed by atoms with Gasteiger partial charge in [0, 0.05) is 75.4 Å². The Morgan fingerprint density at radius 3 is 1.51 bits per heavy atom. The monoisotopic (exact) mass is 842 g/mol. The lowest BCUT2D eigenvalue weighted by atomic mass is 10.1. The van der Waals surface area contributed by atoms with Crippen molar-refractivity contribution in [3.63, 3.8) is 0 Å². The van der Waals surface area contributed by atoms with Crippen LogP contribution in [0.3, 0.4) is 0 Å². The molecule has 2 saturated heterocycles. The second-order valence-corrected chi connectivity index (χ2v) is 14.5. The molecule has 2 aromatic carbocycles. The van der Waals surface area contributed by atoms with Crippen LogP contribution in [0.25, 0.3) is 21.8 Å². The van der Waals surface area contributed by atoms with E-state index < -0.39 is 35.0 Å². The van der Waals surface area contributed by atoms with Gasteiger partial charge in [0.25, 0.3) is 35.2 Å². The summed E-state index contributed by atoms with van der Waals surface area (Å²) in [5.41, 5.74) is 1.30. The number of hydrogen-bond donors (Lipinski definition) is 2. The molecule has 0 spiro atoms. The van der Waals surface area contributed by atoms with Gasteiger partial charge in [0.2, 0.25) is 0 Å². The van der Waals surface area contributed by atoms with Gasteiger partial charge in [-0.05, 0) is 31.2 Å². The van der Waals surface area contributed by atoms with Gasteiger partial charge in [-0.3, -0.25) is 28.8 Å². The van der Waals surface area contributed by atoms with Crippen LogP contribution in [0.4, 0.5) is 8.78 Å². The van der Waals surface area contributed by atoms with Gasteiger partial charge in [-0.25, -0.2) is 18.7 Å². The molecule has 14 nitrogen and oxygen atoms in total. The molecule has 8 rings (SSSR count). The first-order valence-corrected chi connectivity index (χ1v) is 19.1. The van der Waals surface area contributed by atoms with E-state index in [0.717, 1.165) is 12.4 Å². The summed E-state index contributed by atoms with van der Waals surface area (Å²) in [6.07, 6.45) is 4.35. The molecule has 1 atom stereocenters. The number of piperazine rings is 2. The van der Waals surface area contributed by atoms with Gasteiger partial charge in [0.1, 0.15) is 0 Å². The molecule has 0 bridgehead atoms. The van der Waals surface area contributed by atoms with Crippen LogP contribution in [0.2, 0.25) is 10.3 Å². The SMILES string of the molecule is C[C@@H]1CN(C(=O)c2ccccc2)CCN1C(=O)C(=O)c1c[nH]c2c(Cl)ncc(F)c12.O=C(C(=O)N1CCN(C(=O)c2ccccc2)CC1)c1c[nH]c2c(Cl)ncc(F)c12. The Balaban J connectivity index is 0.000000179. The number of rotatable bonds is 6. The molecule has 2 N–H and O–H groups in total. The molecule has 0 aliphatic carbocycles. The van der Waals surface area contributed by atoms with Crippen LogP contribution in [0.1, 0.15) is 48.4 Å². The summed E-state index contributed by atoms with van der Waals surface area (Å²) in [6, 6.07) is 17.4. The highest BCUT2D eigenvalue weighted by atomic mass is 35.5. The highest BCUT2D eigenvalue weighted by Gasteiger charge is 2.35. The standard InChI is InChI=1S/C21H18ClFN4O3.C20H16ClFN4O3/c1-12-11-26(20(29)13-5-3-2-4-6-13)7-8-27(12)21(30)18(28)14-9-24-17-16(14)15(23)10-25-19(17)22;21-18-16-15(14(22)11-24-18)13(10-23-16)17(27)20(29)26-8-6-25(7-9-26)19(28)12-4-2-1-3-5-12/h2-6,9-10,12,24H,7-8,11H2,1H3;1-5,10-11,23H,6-9H2/t12-;/m1./s1. The van der Waals surface area contributed by atoms with Crippen LogP contribution in [0.5, 0.6) is 0 Å².